The molecule has 0 aliphatic carbocycles. The zero-order chi connectivity index (χ0) is 11.4. The lowest BCUT2D eigenvalue weighted by molar-refractivity contribution is -0.385. The molecule has 82 valence electrons. The van der Waals surface area contributed by atoms with Gasteiger partial charge in [-0.2, -0.15) is 0 Å². The lowest BCUT2D eigenvalue weighted by Gasteiger charge is -2.13. The summed E-state index contributed by atoms with van der Waals surface area (Å²) in [6, 6.07) is 3.93. The number of hydrogen-bond acceptors (Lipinski definition) is 4. The molecular weight excluding hydrogens is 196 g/mol. The number of benzene rings is 1. The third kappa shape index (κ3) is 2.66. The topological polar surface area (TPSA) is 75.4 Å². The molecule has 1 aromatic rings. The summed E-state index contributed by atoms with van der Waals surface area (Å²) in [7, 11) is 0. The average Bonchev–Trinajstić information content (AvgIpc) is 2.18. The highest BCUT2D eigenvalue weighted by atomic mass is 16.6. The molecule has 0 amide bonds. The van der Waals surface area contributed by atoms with Crippen LogP contribution in [0.15, 0.2) is 18.2 Å². The Kier molecular flexibility index (Phi) is 3.62. The number of nitro benzene ring substituents is 1. The van der Waals surface area contributed by atoms with E-state index in [2.05, 4.69) is 5.32 Å². The molecule has 0 radical (unpaired) electrons. The molecule has 5 nitrogen and oxygen atoms in total. The van der Waals surface area contributed by atoms with Crippen LogP contribution in [0.5, 0.6) is 5.75 Å². The number of rotatable bonds is 4. The predicted molar refractivity (Wildman–Crippen MR) is 56.9 cm³/mol. The van der Waals surface area contributed by atoms with Crippen molar-refractivity contribution in [2.45, 2.75) is 19.9 Å². The van der Waals surface area contributed by atoms with Gasteiger partial charge in [0.05, 0.1) is 4.92 Å². The molecule has 0 aliphatic rings. The van der Waals surface area contributed by atoms with E-state index >= 15 is 0 Å². The molecular formula is C10H14N2O3. The van der Waals surface area contributed by atoms with Gasteiger partial charge >= 0.3 is 0 Å². The van der Waals surface area contributed by atoms with Gasteiger partial charge in [0.25, 0.3) is 5.69 Å². The van der Waals surface area contributed by atoms with Gasteiger partial charge in [0.1, 0.15) is 5.75 Å². The van der Waals surface area contributed by atoms with Crippen LogP contribution >= 0.6 is 0 Å². The molecule has 0 aromatic heterocycles. The van der Waals surface area contributed by atoms with Gasteiger partial charge in [-0.1, -0.05) is 6.92 Å². The van der Waals surface area contributed by atoms with E-state index < -0.39 is 4.92 Å². The van der Waals surface area contributed by atoms with Crippen molar-refractivity contribution in [2.75, 3.05) is 6.54 Å². The van der Waals surface area contributed by atoms with Gasteiger partial charge in [-0.15, -0.1) is 0 Å². The summed E-state index contributed by atoms with van der Waals surface area (Å²) in [6.07, 6.45) is 0. The summed E-state index contributed by atoms with van der Waals surface area (Å²) < 4.78 is 0. The number of nitro groups is 1. The number of aromatic hydroxyl groups is 1. The molecule has 0 saturated heterocycles. The second kappa shape index (κ2) is 4.75. The SMILES string of the molecule is CCNC(C)c1cc([N+](=O)[O-])ccc1O. The van der Waals surface area contributed by atoms with Crippen molar-refractivity contribution < 1.29 is 10.0 Å². The lowest BCUT2D eigenvalue weighted by Crippen LogP contribution is -2.17. The van der Waals surface area contributed by atoms with Gasteiger partial charge in [-0.25, -0.2) is 0 Å². The fourth-order valence-electron chi connectivity index (χ4n) is 1.42. The van der Waals surface area contributed by atoms with Gasteiger partial charge in [-0.05, 0) is 19.5 Å². The first-order chi connectivity index (χ1) is 7.06. The van der Waals surface area contributed by atoms with Crippen molar-refractivity contribution in [1.29, 1.82) is 0 Å². The second-order valence-corrected chi connectivity index (χ2v) is 3.28. The minimum Gasteiger partial charge on any atom is -0.508 e. The van der Waals surface area contributed by atoms with Crippen molar-refractivity contribution in [3.8, 4) is 5.75 Å². The standard InChI is InChI=1S/C10H14N2O3/c1-3-11-7(2)9-6-8(12(14)15)4-5-10(9)13/h4-7,11,13H,3H2,1-2H3. The van der Waals surface area contributed by atoms with Gasteiger partial charge in [0.2, 0.25) is 0 Å². The Hall–Kier alpha value is -1.62. The van der Waals surface area contributed by atoms with Crippen LogP contribution in [0.1, 0.15) is 25.5 Å². The summed E-state index contributed by atoms with van der Waals surface area (Å²) in [6.45, 7) is 4.52. The van der Waals surface area contributed by atoms with Crippen molar-refractivity contribution >= 4 is 5.69 Å². The Bertz CT molecular complexity index is 366. The van der Waals surface area contributed by atoms with E-state index in [1.54, 1.807) is 0 Å². The first-order valence-electron chi connectivity index (χ1n) is 4.77. The van der Waals surface area contributed by atoms with Crippen LogP contribution in [0.25, 0.3) is 0 Å². The third-order valence-electron chi connectivity index (χ3n) is 2.20. The molecule has 0 aliphatic heterocycles. The Balaban J connectivity index is 3.04. The summed E-state index contributed by atoms with van der Waals surface area (Å²) in [5, 5.41) is 23.2. The van der Waals surface area contributed by atoms with E-state index in [1.807, 2.05) is 13.8 Å². The van der Waals surface area contributed by atoms with Crippen molar-refractivity contribution in [3.63, 3.8) is 0 Å². The number of nitrogens with zero attached hydrogens (tertiary/aromatic N) is 1. The van der Waals surface area contributed by atoms with Gasteiger partial charge in [0, 0.05) is 23.7 Å². The molecule has 0 bridgehead atoms. The highest BCUT2D eigenvalue weighted by Gasteiger charge is 2.14. The lowest BCUT2D eigenvalue weighted by atomic mass is 10.1. The van der Waals surface area contributed by atoms with Crippen LogP contribution in [0.2, 0.25) is 0 Å². The number of non-ortho nitro benzene ring substituents is 1. The molecule has 5 heteroatoms. The summed E-state index contributed by atoms with van der Waals surface area (Å²) in [5.74, 6) is 0.0778. The summed E-state index contributed by atoms with van der Waals surface area (Å²) >= 11 is 0. The fourth-order valence-corrected chi connectivity index (χ4v) is 1.42. The molecule has 1 aromatic carbocycles. The smallest absolute Gasteiger partial charge is 0.270 e. The van der Waals surface area contributed by atoms with E-state index in [4.69, 9.17) is 0 Å². The van der Waals surface area contributed by atoms with Gasteiger partial charge < -0.3 is 10.4 Å². The van der Waals surface area contributed by atoms with Gasteiger partial charge in [0.15, 0.2) is 0 Å². The van der Waals surface area contributed by atoms with Crippen LogP contribution in [0.4, 0.5) is 5.69 Å². The van der Waals surface area contributed by atoms with E-state index in [0.29, 0.717) is 5.56 Å². The normalized spacial score (nSPS) is 12.4. The highest BCUT2D eigenvalue weighted by molar-refractivity contribution is 5.44. The average molecular weight is 210 g/mol. The van der Waals surface area contributed by atoms with Crippen molar-refractivity contribution in [3.05, 3.63) is 33.9 Å². The largest absolute Gasteiger partial charge is 0.508 e. The second-order valence-electron chi connectivity index (χ2n) is 3.28. The molecule has 1 unspecified atom stereocenters. The van der Waals surface area contributed by atoms with Crippen LogP contribution in [0, 0.1) is 10.1 Å². The maximum absolute atomic E-state index is 10.5. The van der Waals surface area contributed by atoms with Crippen molar-refractivity contribution in [1.82, 2.24) is 5.32 Å². The molecule has 15 heavy (non-hydrogen) atoms. The van der Waals surface area contributed by atoms with E-state index in [1.165, 1.54) is 18.2 Å². The molecule has 0 fully saturated rings. The van der Waals surface area contributed by atoms with E-state index in [0.717, 1.165) is 6.54 Å². The molecule has 0 saturated carbocycles. The first-order valence-corrected chi connectivity index (χ1v) is 4.77. The number of phenolic OH excluding ortho intramolecular Hbond substituents is 1. The maximum atomic E-state index is 10.5. The maximum Gasteiger partial charge on any atom is 0.270 e. The zero-order valence-electron chi connectivity index (χ0n) is 8.73. The molecule has 0 heterocycles. The van der Waals surface area contributed by atoms with Crippen molar-refractivity contribution in [2.24, 2.45) is 0 Å². The predicted octanol–water partition coefficient (Wildman–Crippen LogP) is 1.97. The Morgan fingerprint density at radius 1 is 1.60 bits per heavy atom. The quantitative estimate of drug-likeness (QED) is 0.588. The van der Waals surface area contributed by atoms with E-state index in [9.17, 15) is 15.2 Å². The number of nitrogens with one attached hydrogen (secondary N) is 1. The fraction of sp³-hybridized carbons (Fsp3) is 0.400. The Labute approximate surface area is 87.9 Å². The van der Waals surface area contributed by atoms with E-state index in [-0.39, 0.29) is 17.5 Å². The molecule has 1 atom stereocenters. The minimum atomic E-state index is -0.471. The number of phenols is 1. The monoisotopic (exact) mass is 210 g/mol. The molecule has 1 rings (SSSR count). The molecule has 2 N–H and O–H groups in total. The van der Waals surface area contributed by atoms with Crippen LogP contribution < -0.4 is 5.32 Å². The third-order valence-corrected chi connectivity index (χ3v) is 2.20. The van der Waals surface area contributed by atoms with Crippen LogP contribution in [-0.2, 0) is 0 Å². The first kappa shape index (κ1) is 11.5. The summed E-state index contributed by atoms with van der Waals surface area (Å²) in [4.78, 5) is 10.1. The Morgan fingerprint density at radius 2 is 2.27 bits per heavy atom. The number of hydrogen-bond donors (Lipinski definition) is 2. The highest BCUT2D eigenvalue weighted by Crippen LogP contribution is 2.27. The Morgan fingerprint density at radius 3 is 2.80 bits per heavy atom. The zero-order valence-corrected chi connectivity index (χ0v) is 8.73. The minimum absolute atomic E-state index is 0.00690. The van der Waals surface area contributed by atoms with Crippen LogP contribution in [-0.4, -0.2) is 16.6 Å². The van der Waals surface area contributed by atoms with Crippen LogP contribution in [0.3, 0.4) is 0 Å². The summed E-state index contributed by atoms with van der Waals surface area (Å²) in [5.41, 5.74) is 0.540. The molecule has 0 spiro atoms. The van der Waals surface area contributed by atoms with Gasteiger partial charge in [-0.3, -0.25) is 10.1 Å².